The first kappa shape index (κ1) is 28.1. The molecule has 2 amide bonds. The third-order valence-electron chi connectivity index (χ3n) is 8.05. The van der Waals surface area contributed by atoms with Crippen LogP contribution in [0.25, 0.3) is 11.0 Å². The van der Waals surface area contributed by atoms with Gasteiger partial charge >= 0.3 is 6.03 Å². The van der Waals surface area contributed by atoms with Gasteiger partial charge in [-0.05, 0) is 49.7 Å². The summed E-state index contributed by atoms with van der Waals surface area (Å²) < 4.78 is 7.61. The molecular formula is C31H39N7O4. The SMILES string of the molecule is Cc1ccc(O)c(Cn2c(NCCCN3CCOCC3)nc3ccc(CN4C=CC5C(=C4)NC(=O)N5CCO)cc32)c1. The maximum absolute atomic E-state index is 12.3. The molecule has 1 unspecified atom stereocenters. The molecule has 3 aromatic rings. The second-order valence-electron chi connectivity index (χ2n) is 11.1. The highest BCUT2D eigenvalue weighted by Gasteiger charge is 2.34. The number of aliphatic hydroxyl groups is 1. The van der Waals surface area contributed by atoms with Gasteiger partial charge < -0.3 is 40.0 Å². The van der Waals surface area contributed by atoms with E-state index in [0.717, 1.165) is 85.2 Å². The number of nitrogens with zero attached hydrogens (tertiary/aromatic N) is 5. The number of aromatic nitrogens is 2. The number of rotatable bonds is 11. The Bertz CT molecular complexity index is 1490. The first-order chi connectivity index (χ1) is 20.5. The van der Waals surface area contributed by atoms with Crippen molar-refractivity contribution in [2.24, 2.45) is 0 Å². The number of benzene rings is 2. The van der Waals surface area contributed by atoms with E-state index >= 15 is 0 Å². The molecule has 222 valence electrons. The molecule has 0 aliphatic carbocycles. The molecule has 2 fully saturated rings. The number of aromatic hydroxyl groups is 1. The first-order valence-electron chi connectivity index (χ1n) is 14.6. The number of carbonyl (C=O) groups excluding carboxylic acids is 1. The van der Waals surface area contributed by atoms with E-state index in [1.54, 1.807) is 11.0 Å². The molecule has 0 spiro atoms. The number of aryl methyl sites for hydroxylation is 1. The van der Waals surface area contributed by atoms with E-state index in [9.17, 15) is 15.0 Å². The van der Waals surface area contributed by atoms with Gasteiger partial charge in [-0.1, -0.05) is 23.8 Å². The Balaban J connectivity index is 1.22. The Morgan fingerprint density at radius 1 is 1.12 bits per heavy atom. The van der Waals surface area contributed by atoms with Crippen molar-refractivity contribution in [2.75, 3.05) is 57.9 Å². The van der Waals surface area contributed by atoms with Gasteiger partial charge in [-0.3, -0.25) is 4.90 Å². The molecule has 11 nitrogen and oxygen atoms in total. The highest BCUT2D eigenvalue weighted by molar-refractivity contribution is 5.81. The average Bonchev–Trinajstić information content (AvgIpc) is 3.49. The third kappa shape index (κ3) is 6.08. The van der Waals surface area contributed by atoms with Crippen molar-refractivity contribution < 1.29 is 19.7 Å². The average molecular weight is 574 g/mol. The summed E-state index contributed by atoms with van der Waals surface area (Å²) in [5.41, 5.74) is 5.70. The fourth-order valence-electron chi connectivity index (χ4n) is 5.85. The first-order valence-corrected chi connectivity index (χ1v) is 14.6. The van der Waals surface area contributed by atoms with Crippen LogP contribution in [0.5, 0.6) is 5.75 Å². The maximum atomic E-state index is 12.3. The summed E-state index contributed by atoms with van der Waals surface area (Å²) in [7, 11) is 0. The second kappa shape index (κ2) is 12.4. The number of β-amino-alcohol motifs (C(OH)–C–C–N with tert-alkyl or cyclic N) is 1. The van der Waals surface area contributed by atoms with Crippen molar-refractivity contribution >= 4 is 23.0 Å². The Morgan fingerprint density at radius 2 is 1.98 bits per heavy atom. The van der Waals surface area contributed by atoms with E-state index in [1.807, 2.05) is 48.5 Å². The highest BCUT2D eigenvalue weighted by Crippen LogP contribution is 2.28. The summed E-state index contributed by atoms with van der Waals surface area (Å²) in [6.07, 6.45) is 6.90. The van der Waals surface area contributed by atoms with E-state index in [0.29, 0.717) is 19.6 Å². The second-order valence-corrected chi connectivity index (χ2v) is 11.1. The van der Waals surface area contributed by atoms with Crippen molar-refractivity contribution in [3.63, 3.8) is 0 Å². The standard InChI is InChI=1S/C31H39N7O4/c1-22-3-6-29(40)24(17-22)20-38-28-18-23(19-36-10-7-27-26(21-36)34-31(41)37(27)11-14-39)4-5-25(28)33-30(38)32-8-2-9-35-12-15-42-16-13-35/h3-7,10,17-18,21,27,39-40H,2,8-9,11-16,19-20H2,1H3,(H,32,33)(H,34,41). The lowest BCUT2D eigenvalue weighted by Crippen LogP contribution is -2.37. The number of phenols is 1. The number of phenolic OH excluding ortho intramolecular Hbond substituents is 1. The van der Waals surface area contributed by atoms with E-state index in [-0.39, 0.29) is 24.4 Å². The molecule has 4 heterocycles. The lowest BCUT2D eigenvalue weighted by Gasteiger charge is -2.26. The van der Waals surface area contributed by atoms with Crippen molar-refractivity contribution in [1.29, 1.82) is 0 Å². The molecule has 42 heavy (non-hydrogen) atoms. The van der Waals surface area contributed by atoms with E-state index in [2.05, 4.69) is 32.2 Å². The normalized spacial score (nSPS) is 18.9. The van der Waals surface area contributed by atoms with E-state index < -0.39 is 0 Å². The predicted molar refractivity (Wildman–Crippen MR) is 161 cm³/mol. The Kier molecular flexibility index (Phi) is 8.31. The number of nitrogens with one attached hydrogen (secondary N) is 2. The molecule has 4 N–H and O–H groups in total. The van der Waals surface area contributed by atoms with Gasteiger partial charge in [-0.15, -0.1) is 0 Å². The minimum atomic E-state index is -0.193. The van der Waals surface area contributed by atoms with Crippen LogP contribution >= 0.6 is 0 Å². The summed E-state index contributed by atoms with van der Waals surface area (Å²) in [6, 6.07) is 11.6. The molecular weight excluding hydrogens is 534 g/mol. The molecule has 3 aliphatic heterocycles. The highest BCUT2D eigenvalue weighted by atomic mass is 16.5. The van der Waals surface area contributed by atoms with E-state index in [1.165, 1.54) is 0 Å². The predicted octanol–water partition coefficient (Wildman–Crippen LogP) is 2.79. The van der Waals surface area contributed by atoms with Crippen molar-refractivity contribution in [1.82, 2.24) is 29.6 Å². The molecule has 2 aromatic carbocycles. The van der Waals surface area contributed by atoms with Gasteiger partial charge in [0.2, 0.25) is 5.95 Å². The number of fused-ring (bicyclic) bond motifs is 2. The zero-order valence-corrected chi connectivity index (χ0v) is 24.0. The van der Waals surface area contributed by atoms with Crippen LogP contribution in [0.2, 0.25) is 0 Å². The number of carbonyl (C=O) groups is 1. The summed E-state index contributed by atoms with van der Waals surface area (Å²) in [4.78, 5) is 23.4. The zero-order chi connectivity index (χ0) is 29.1. The largest absolute Gasteiger partial charge is 0.508 e. The minimum absolute atomic E-state index is 0.0759. The van der Waals surface area contributed by atoms with Gasteiger partial charge in [0.15, 0.2) is 0 Å². The molecule has 0 bridgehead atoms. The van der Waals surface area contributed by atoms with Gasteiger partial charge in [0.1, 0.15) is 5.75 Å². The van der Waals surface area contributed by atoms with Gasteiger partial charge in [0, 0.05) is 50.7 Å². The summed E-state index contributed by atoms with van der Waals surface area (Å²) in [5, 5.41) is 26.4. The molecule has 0 saturated carbocycles. The maximum Gasteiger partial charge on any atom is 0.322 e. The lowest BCUT2D eigenvalue weighted by atomic mass is 10.1. The van der Waals surface area contributed by atoms with Gasteiger partial charge in [0.25, 0.3) is 0 Å². The number of urea groups is 1. The monoisotopic (exact) mass is 573 g/mol. The minimum Gasteiger partial charge on any atom is -0.508 e. The van der Waals surface area contributed by atoms with Crippen LogP contribution in [0, 0.1) is 6.92 Å². The summed E-state index contributed by atoms with van der Waals surface area (Å²) in [6.45, 7) is 8.70. The van der Waals surface area contributed by atoms with Crippen LogP contribution in [0.1, 0.15) is 23.1 Å². The number of anilines is 1. The van der Waals surface area contributed by atoms with Crippen LogP contribution in [0.15, 0.2) is 60.6 Å². The van der Waals surface area contributed by atoms with Crippen LogP contribution < -0.4 is 10.6 Å². The fraction of sp³-hybridized carbons (Fsp3) is 0.419. The Morgan fingerprint density at radius 3 is 2.81 bits per heavy atom. The van der Waals surface area contributed by atoms with Crippen LogP contribution in [-0.2, 0) is 17.8 Å². The number of aliphatic hydroxyl groups excluding tert-OH is 1. The van der Waals surface area contributed by atoms with Crippen LogP contribution in [0.4, 0.5) is 10.7 Å². The Labute approximate surface area is 245 Å². The molecule has 3 aliphatic rings. The van der Waals surface area contributed by atoms with Crippen molar-refractivity contribution in [2.45, 2.75) is 32.5 Å². The van der Waals surface area contributed by atoms with Crippen molar-refractivity contribution in [3.05, 3.63) is 77.3 Å². The topological polar surface area (TPSA) is 118 Å². The number of amides is 2. The zero-order valence-electron chi connectivity index (χ0n) is 24.0. The lowest BCUT2D eigenvalue weighted by molar-refractivity contribution is 0.0378. The summed E-state index contributed by atoms with van der Waals surface area (Å²) >= 11 is 0. The molecule has 1 atom stereocenters. The van der Waals surface area contributed by atoms with Crippen LogP contribution in [-0.4, -0.2) is 99.1 Å². The van der Waals surface area contributed by atoms with E-state index in [4.69, 9.17) is 9.72 Å². The molecule has 6 rings (SSSR count). The van der Waals surface area contributed by atoms with Gasteiger partial charge in [0.05, 0.1) is 49.1 Å². The third-order valence-corrected chi connectivity index (χ3v) is 8.05. The number of ether oxygens (including phenoxy) is 1. The summed E-state index contributed by atoms with van der Waals surface area (Å²) in [5.74, 6) is 1.05. The van der Waals surface area contributed by atoms with Gasteiger partial charge in [-0.25, -0.2) is 9.78 Å². The number of hydrogen-bond acceptors (Lipinski definition) is 8. The molecule has 11 heteroatoms. The van der Waals surface area contributed by atoms with Crippen molar-refractivity contribution in [3.8, 4) is 5.75 Å². The number of morpholine rings is 1. The van der Waals surface area contributed by atoms with Gasteiger partial charge in [-0.2, -0.15) is 0 Å². The number of imidazole rings is 1. The molecule has 0 radical (unpaired) electrons. The number of hydrogen-bond donors (Lipinski definition) is 4. The van der Waals surface area contributed by atoms with Crippen LogP contribution in [0.3, 0.4) is 0 Å². The fourth-order valence-corrected chi connectivity index (χ4v) is 5.85. The smallest absolute Gasteiger partial charge is 0.322 e. The Hall–Kier alpha value is -4.06. The molecule has 2 saturated heterocycles. The molecule has 1 aromatic heterocycles. The quantitative estimate of drug-likeness (QED) is 0.259.